The van der Waals surface area contributed by atoms with Gasteiger partial charge in [0.05, 0.1) is 31.7 Å². The second-order valence-electron chi connectivity index (χ2n) is 7.03. The highest BCUT2D eigenvalue weighted by Crippen LogP contribution is 2.12. The quantitative estimate of drug-likeness (QED) is 0.354. The second-order valence-corrected chi connectivity index (χ2v) is 7.03. The predicted molar refractivity (Wildman–Crippen MR) is 113 cm³/mol. The van der Waals surface area contributed by atoms with Crippen LogP contribution in [0.3, 0.4) is 0 Å². The minimum Gasteiger partial charge on any atom is -0.463 e. The van der Waals surface area contributed by atoms with Crippen molar-refractivity contribution in [2.24, 2.45) is 5.10 Å². The van der Waals surface area contributed by atoms with Gasteiger partial charge < -0.3 is 14.5 Å². The lowest BCUT2D eigenvalue weighted by molar-refractivity contribution is -0.128. The SMILES string of the molecule is O=C(NCCCCC(C(=O)N/N=C/c1ccco1)N1CCOCC1)c1ccccc1. The molecule has 1 aromatic carbocycles. The molecule has 2 amide bonds. The molecule has 0 saturated carbocycles. The van der Waals surface area contributed by atoms with E-state index in [1.54, 1.807) is 30.5 Å². The van der Waals surface area contributed by atoms with Crippen LogP contribution in [0.2, 0.25) is 0 Å². The maximum absolute atomic E-state index is 12.7. The number of ether oxygens (including phenoxy) is 1. The lowest BCUT2D eigenvalue weighted by atomic mass is 10.1. The summed E-state index contributed by atoms with van der Waals surface area (Å²) in [5.74, 6) is 0.353. The molecule has 0 radical (unpaired) electrons. The third-order valence-electron chi connectivity index (χ3n) is 4.92. The van der Waals surface area contributed by atoms with Gasteiger partial charge in [0.2, 0.25) is 0 Å². The largest absolute Gasteiger partial charge is 0.463 e. The van der Waals surface area contributed by atoms with Gasteiger partial charge in [0, 0.05) is 25.2 Å². The van der Waals surface area contributed by atoms with Gasteiger partial charge in [-0.15, -0.1) is 0 Å². The van der Waals surface area contributed by atoms with Gasteiger partial charge in [-0.25, -0.2) is 5.43 Å². The lowest BCUT2D eigenvalue weighted by Gasteiger charge is -2.33. The first-order valence-corrected chi connectivity index (χ1v) is 10.3. The summed E-state index contributed by atoms with van der Waals surface area (Å²) in [6, 6.07) is 12.4. The summed E-state index contributed by atoms with van der Waals surface area (Å²) in [6.07, 6.45) is 5.32. The molecule has 2 N–H and O–H groups in total. The van der Waals surface area contributed by atoms with Gasteiger partial charge in [0.15, 0.2) is 0 Å². The van der Waals surface area contributed by atoms with Crippen LogP contribution in [0.4, 0.5) is 0 Å². The molecule has 1 atom stereocenters. The molecule has 1 aliphatic rings. The van der Waals surface area contributed by atoms with E-state index in [4.69, 9.17) is 9.15 Å². The van der Waals surface area contributed by atoms with Crippen LogP contribution in [0.1, 0.15) is 35.4 Å². The third-order valence-corrected chi connectivity index (χ3v) is 4.92. The van der Waals surface area contributed by atoms with Gasteiger partial charge >= 0.3 is 0 Å². The molecule has 160 valence electrons. The number of unbranched alkanes of at least 4 members (excludes halogenated alkanes) is 1. The molecular weight excluding hydrogens is 384 g/mol. The molecule has 1 aromatic heterocycles. The van der Waals surface area contributed by atoms with Gasteiger partial charge in [-0.3, -0.25) is 14.5 Å². The molecule has 0 aliphatic carbocycles. The van der Waals surface area contributed by atoms with Gasteiger partial charge in [0.25, 0.3) is 11.8 Å². The van der Waals surface area contributed by atoms with E-state index in [0.29, 0.717) is 50.6 Å². The molecule has 1 aliphatic heterocycles. The van der Waals surface area contributed by atoms with Crippen LogP contribution in [0.25, 0.3) is 0 Å². The van der Waals surface area contributed by atoms with E-state index in [2.05, 4.69) is 20.7 Å². The van der Waals surface area contributed by atoms with Crippen LogP contribution < -0.4 is 10.7 Å². The average Bonchev–Trinajstić information content (AvgIpc) is 3.30. The summed E-state index contributed by atoms with van der Waals surface area (Å²) in [6.45, 7) is 3.23. The second kappa shape index (κ2) is 11.9. The normalized spacial score (nSPS) is 15.7. The predicted octanol–water partition coefficient (Wildman–Crippen LogP) is 2.03. The molecule has 8 nitrogen and oxygen atoms in total. The number of carbonyl (C=O) groups excluding carboxylic acids is 2. The van der Waals surface area contributed by atoms with Crippen molar-refractivity contribution < 1.29 is 18.7 Å². The van der Waals surface area contributed by atoms with E-state index in [9.17, 15) is 9.59 Å². The number of hydrogen-bond acceptors (Lipinski definition) is 6. The molecule has 0 bridgehead atoms. The summed E-state index contributed by atoms with van der Waals surface area (Å²) >= 11 is 0. The maximum Gasteiger partial charge on any atom is 0.257 e. The molecule has 0 spiro atoms. The Labute approximate surface area is 176 Å². The first-order chi connectivity index (χ1) is 14.7. The Balaban J connectivity index is 1.45. The Bertz CT molecular complexity index is 802. The van der Waals surface area contributed by atoms with Crippen LogP contribution >= 0.6 is 0 Å². The van der Waals surface area contributed by atoms with Crippen molar-refractivity contribution >= 4 is 18.0 Å². The van der Waals surface area contributed by atoms with Gasteiger partial charge in [0.1, 0.15) is 5.76 Å². The number of hydrogen-bond donors (Lipinski definition) is 2. The maximum atomic E-state index is 12.7. The lowest BCUT2D eigenvalue weighted by Crippen LogP contribution is -2.50. The third kappa shape index (κ3) is 6.82. The number of carbonyl (C=O) groups is 2. The van der Waals surface area contributed by atoms with Crippen LogP contribution in [-0.2, 0) is 9.53 Å². The standard InChI is InChI=1S/C22H28N4O4/c27-21(18-7-2-1-3-8-18)23-11-5-4-10-20(26-12-15-29-16-13-26)22(28)25-24-17-19-9-6-14-30-19/h1-3,6-9,14,17,20H,4-5,10-13,15-16H2,(H,23,27)(H,25,28)/b24-17+. The van der Waals surface area contributed by atoms with E-state index in [1.165, 1.54) is 6.21 Å². The van der Waals surface area contributed by atoms with Crippen molar-refractivity contribution in [2.45, 2.75) is 25.3 Å². The number of rotatable bonds is 10. The highest BCUT2D eigenvalue weighted by atomic mass is 16.5. The molecule has 30 heavy (non-hydrogen) atoms. The first kappa shape index (κ1) is 21.7. The Morgan fingerprint density at radius 1 is 1.10 bits per heavy atom. The zero-order chi connectivity index (χ0) is 21.0. The average molecular weight is 412 g/mol. The fraction of sp³-hybridized carbons (Fsp3) is 0.409. The number of furan rings is 1. The Hall–Kier alpha value is -2.97. The van der Waals surface area contributed by atoms with Gasteiger partial charge in [-0.2, -0.15) is 5.10 Å². The molecule has 8 heteroatoms. The van der Waals surface area contributed by atoms with E-state index >= 15 is 0 Å². The zero-order valence-corrected chi connectivity index (χ0v) is 17.0. The van der Waals surface area contributed by atoms with Gasteiger partial charge in [-0.1, -0.05) is 18.2 Å². The number of benzene rings is 1. The number of hydrazone groups is 1. The summed E-state index contributed by atoms with van der Waals surface area (Å²) in [5.41, 5.74) is 3.27. The van der Waals surface area contributed by atoms with E-state index in [0.717, 1.165) is 12.8 Å². The Morgan fingerprint density at radius 2 is 1.90 bits per heavy atom. The summed E-state index contributed by atoms with van der Waals surface area (Å²) in [7, 11) is 0. The smallest absolute Gasteiger partial charge is 0.257 e. The fourth-order valence-electron chi connectivity index (χ4n) is 3.32. The topological polar surface area (TPSA) is 96.2 Å². The molecule has 1 unspecified atom stereocenters. The number of morpholine rings is 1. The van der Waals surface area contributed by atoms with Crippen LogP contribution in [0, 0.1) is 0 Å². The minimum atomic E-state index is -0.285. The summed E-state index contributed by atoms with van der Waals surface area (Å²) < 4.78 is 10.6. The van der Waals surface area contributed by atoms with Crippen molar-refractivity contribution in [2.75, 3.05) is 32.8 Å². The highest BCUT2D eigenvalue weighted by molar-refractivity contribution is 5.94. The zero-order valence-electron chi connectivity index (χ0n) is 17.0. The Kier molecular flexibility index (Phi) is 8.62. The summed E-state index contributed by atoms with van der Waals surface area (Å²) in [5, 5.41) is 6.92. The van der Waals surface area contributed by atoms with Crippen LogP contribution in [0.5, 0.6) is 0 Å². The molecule has 3 rings (SSSR count). The number of nitrogens with zero attached hydrogens (tertiary/aromatic N) is 2. The molecule has 1 fully saturated rings. The number of amides is 2. The van der Waals surface area contributed by atoms with Crippen LogP contribution in [-0.4, -0.2) is 61.8 Å². The van der Waals surface area contributed by atoms with Crippen molar-refractivity contribution in [3.8, 4) is 0 Å². The van der Waals surface area contributed by atoms with E-state index in [1.807, 2.05) is 18.2 Å². The molecule has 2 aromatic rings. The minimum absolute atomic E-state index is 0.0784. The van der Waals surface area contributed by atoms with Gasteiger partial charge in [-0.05, 0) is 43.5 Å². The number of nitrogens with one attached hydrogen (secondary N) is 2. The van der Waals surface area contributed by atoms with Crippen LogP contribution in [0.15, 0.2) is 58.2 Å². The molecular formula is C22H28N4O4. The monoisotopic (exact) mass is 412 g/mol. The van der Waals surface area contributed by atoms with Crippen molar-refractivity contribution in [3.05, 3.63) is 60.1 Å². The van der Waals surface area contributed by atoms with Crippen molar-refractivity contribution in [3.63, 3.8) is 0 Å². The molecule has 1 saturated heterocycles. The van der Waals surface area contributed by atoms with E-state index < -0.39 is 0 Å². The fourth-order valence-corrected chi connectivity index (χ4v) is 3.32. The van der Waals surface area contributed by atoms with Crippen molar-refractivity contribution in [1.82, 2.24) is 15.6 Å². The Morgan fingerprint density at radius 3 is 2.63 bits per heavy atom. The first-order valence-electron chi connectivity index (χ1n) is 10.3. The van der Waals surface area contributed by atoms with Crippen molar-refractivity contribution in [1.29, 1.82) is 0 Å². The summed E-state index contributed by atoms with van der Waals surface area (Å²) in [4.78, 5) is 26.9. The molecule has 2 heterocycles. The highest BCUT2D eigenvalue weighted by Gasteiger charge is 2.26. The van der Waals surface area contributed by atoms with E-state index in [-0.39, 0.29) is 17.9 Å².